The molecule has 1 amide bonds. The molecule has 1 fully saturated rings. The first-order chi connectivity index (χ1) is 8.25. The number of carbonyl (C=O) groups is 1. The van der Waals surface area contributed by atoms with E-state index >= 15 is 0 Å². The van der Waals surface area contributed by atoms with Gasteiger partial charge in [0.2, 0.25) is 5.91 Å². The summed E-state index contributed by atoms with van der Waals surface area (Å²) in [5, 5.41) is 3.34. The molecule has 1 aromatic rings. The number of anilines is 1. The average Bonchev–Trinajstić information content (AvgIpc) is 2.38. The molecule has 0 aromatic heterocycles. The summed E-state index contributed by atoms with van der Waals surface area (Å²) in [6.07, 6.45) is 1.16. The molecule has 0 saturated carbocycles. The molecule has 4 heteroatoms. The molecule has 0 spiro atoms. The minimum absolute atomic E-state index is 0.240. The van der Waals surface area contributed by atoms with Crippen molar-refractivity contribution in [3.05, 3.63) is 29.8 Å². The van der Waals surface area contributed by atoms with Crippen LogP contribution in [0.3, 0.4) is 0 Å². The van der Waals surface area contributed by atoms with Crippen molar-refractivity contribution in [1.82, 2.24) is 5.32 Å². The van der Waals surface area contributed by atoms with Crippen molar-refractivity contribution in [3.8, 4) is 0 Å². The van der Waals surface area contributed by atoms with Gasteiger partial charge < -0.3 is 16.0 Å². The van der Waals surface area contributed by atoms with E-state index < -0.39 is 0 Å². The lowest BCUT2D eigenvalue weighted by atomic mass is 10.1. The number of nitrogens with zero attached hydrogens (tertiary/aromatic N) is 1. The molecule has 1 saturated heterocycles. The second kappa shape index (κ2) is 5.68. The lowest BCUT2D eigenvalue weighted by Crippen LogP contribution is -2.43. The van der Waals surface area contributed by atoms with Gasteiger partial charge in [-0.05, 0) is 24.1 Å². The summed E-state index contributed by atoms with van der Waals surface area (Å²) < 4.78 is 0. The van der Waals surface area contributed by atoms with Crippen molar-refractivity contribution in [2.45, 2.75) is 12.8 Å². The fraction of sp³-hybridized carbons (Fsp3) is 0.462. The van der Waals surface area contributed by atoms with Crippen molar-refractivity contribution in [3.63, 3.8) is 0 Å². The minimum Gasteiger partial charge on any atom is -0.370 e. The van der Waals surface area contributed by atoms with Gasteiger partial charge in [0.1, 0.15) is 0 Å². The van der Waals surface area contributed by atoms with Crippen LogP contribution in [0.15, 0.2) is 24.3 Å². The number of amides is 1. The fourth-order valence-electron chi connectivity index (χ4n) is 2.06. The van der Waals surface area contributed by atoms with E-state index in [9.17, 15) is 4.79 Å². The van der Waals surface area contributed by atoms with Gasteiger partial charge in [0.15, 0.2) is 0 Å². The summed E-state index contributed by atoms with van der Waals surface area (Å²) in [6.45, 7) is 4.20. The Morgan fingerprint density at radius 1 is 1.24 bits per heavy atom. The van der Waals surface area contributed by atoms with Gasteiger partial charge in [-0.3, -0.25) is 4.79 Å². The van der Waals surface area contributed by atoms with Crippen molar-refractivity contribution in [1.29, 1.82) is 0 Å². The number of carbonyl (C=O) groups excluding carboxylic acids is 1. The van der Waals surface area contributed by atoms with E-state index in [2.05, 4.69) is 34.5 Å². The van der Waals surface area contributed by atoms with Crippen LogP contribution in [0.25, 0.3) is 0 Å². The number of nitrogens with one attached hydrogen (secondary N) is 1. The molecular formula is C13H19N3O. The van der Waals surface area contributed by atoms with Crippen LogP contribution in [0.2, 0.25) is 0 Å². The Kier molecular flexibility index (Phi) is 3.98. The SMILES string of the molecule is NC(=O)CCc1ccc(N2CCNCC2)cc1. The molecule has 0 radical (unpaired) electrons. The van der Waals surface area contributed by atoms with Crippen molar-refractivity contribution in [2.75, 3.05) is 31.1 Å². The highest BCUT2D eigenvalue weighted by atomic mass is 16.1. The summed E-state index contributed by atoms with van der Waals surface area (Å²) in [5.41, 5.74) is 7.56. The molecule has 0 unspecified atom stereocenters. The maximum Gasteiger partial charge on any atom is 0.217 e. The Labute approximate surface area is 102 Å². The number of rotatable bonds is 4. The second-order valence-corrected chi connectivity index (χ2v) is 4.37. The molecule has 1 heterocycles. The van der Waals surface area contributed by atoms with E-state index in [4.69, 9.17) is 5.73 Å². The van der Waals surface area contributed by atoms with Crippen molar-refractivity contribution in [2.24, 2.45) is 5.73 Å². The van der Waals surface area contributed by atoms with Crippen LogP contribution in [0.5, 0.6) is 0 Å². The zero-order valence-corrected chi connectivity index (χ0v) is 9.98. The van der Waals surface area contributed by atoms with E-state index in [1.807, 2.05) is 0 Å². The monoisotopic (exact) mass is 233 g/mol. The van der Waals surface area contributed by atoms with Gasteiger partial charge in [0, 0.05) is 38.3 Å². The topological polar surface area (TPSA) is 58.4 Å². The summed E-state index contributed by atoms with van der Waals surface area (Å²) >= 11 is 0. The van der Waals surface area contributed by atoms with Gasteiger partial charge in [-0.1, -0.05) is 12.1 Å². The second-order valence-electron chi connectivity index (χ2n) is 4.37. The van der Waals surface area contributed by atoms with Crippen molar-refractivity contribution >= 4 is 11.6 Å². The van der Waals surface area contributed by atoms with Crippen LogP contribution in [-0.2, 0) is 11.2 Å². The van der Waals surface area contributed by atoms with E-state index in [1.54, 1.807) is 0 Å². The summed E-state index contributed by atoms with van der Waals surface area (Å²) in [5.74, 6) is -0.240. The van der Waals surface area contributed by atoms with Crippen LogP contribution < -0.4 is 16.0 Å². The Morgan fingerprint density at radius 3 is 2.47 bits per heavy atom. The predicted molar refractivity (Wildman–Crippen MR) is 69.0 cm³/mol. The molecule has 17 heavy (non-hydrogen) atoms. The van der Waals surface area contributed by atoms with Crippen molar-refractivity contribution < 1.29 is 4.79 Å². The number of primary amides is 1. The summed E-state index contributed by atoms with van der Waals surface area (Å²) in [4.78, 5) is 13.1. The maximum atomic E-state index is 10.7. The number of hydrogen-bond donors (Lipinski definition) is 2. The smallest absolute Gasteiger partial charge is 0.217 e. The van der Waals surface area contributed by atoms with Crippen LogP contribution in [0.4, 0.5) is 5.69 Å². The Morgan fingerprint density at radius 2 is 1.88 bits per heavy atom. The summed E-state index contributed by atoms with van der Waals surface area (Å²) in [7, 11) is 0. The third kappa shape index (κ3) is 3.46. The fourth-order valence-corrected chi connectivity index (χ4v) is 2.06. The van der Waals surface area contributed by atoms with Crippen LogP contribution in [0.1, 0.15) is 12.0 Å². The highest BCUT2D eigenvalue weighted by Gasteiger charge is 2.09. The first kappa shape index (κ1) is 11.9. The number of aryl methyl sites for hydroxylation is 1. The van der Waals surface area contributed by atoms with Crippen LogP contribution in [0, 0.1) is 0 Å². The van der Waals surface area contributed by atoms with Gasteiger partial charge in [-0.15, -0.1) is 0 Å². The highest BCUT2D eigenvalue weighted by molar-refractivity contribution is 5.74. The lowest BCUT2D eigenvalue weighted by molar-refractivity contribution is -0.117. The minimum atomic E-state index is -0.240. The Bertz CT molecular complexity index is 369. The van der Waals surface area contributed by atoms with E-state index in [0.29, 0.717) is 6.42 Å². The number of piperazine rings is 1. The molecule has 1 aliphatic heterocycles. The molecule has 92 valence electrons. The molecular weight excluding hydrogens is 214 g/mol. The third-order valence-electron chi connectivity index (χ3n) is 3.08. The van der Waals surface area contributed by atoms with Gasteiger partial charge in [0.25, 0.3) is 0 Å². The van der Waals surface area contributed by atoms with Gasteiger partial charge in [0.05, 0.1) is 0 Å². The maximum absolute atomic E-state index is 10.7. The van der Waals surface area contributed by atoms with Gasteiger partial charge >= 0.3 is 0 Å². The quantitative estimate of drug-likeness (QED) is 0.797. The van der Waals surface area contributed by atoms with Crippen LogP contribution >= 0.6 is 0 Å². The first-order valence-electron chi connectivity index (χ1n) is 6.08. The van der Waals surface area contributed by atoms with E-state index in [-0.39, 0.29) is 5.91 Å². The van der Waals surface area contributed by atoms with E-state index in [1.165, 1.54) is 11.3 Å². The molecule has 4 nitrogen and oxygen atoms in total. The first-order valence-corrected chi connectivity index (χ1v) is 6.08. The largest absolute Gasteiger partial charge is 0.370 e. The Balaban J connectivity index is 1.94. The number of hydrogen-bond acceptors (Lipinski definition) is 3. The summed E-state index contributed by atoms with van der Waals surface area (Å²) in [6, 6.07) is 8.42. The highest BCUT2D eigenvalue weighted by Crippen LogP contribution is 2.16. The molecule has 0 atom stereocenters. The van der Waals surface area contributed by atoms with Gasteiger partial charge in [-0.2, -0.15) is 0 Å². The Hall–Kier alpha value is -1.55. The standard InChI is InChI=1S/C13H19N3O/c14-13(17)6-3-11-1-4-12(5-2-11)16-9-7-15-8-10-16/h1-2,4-5,15H,3,6-10H2,(H2,14,17). The molecule has 0 aliphatic carbocycles. The average molecular weight is 233 g/mol. The molecule has 1 aliphatic rings. The lowest BCUT2D eigenvalue weighted by Gasteiger charge is -2.29. The zero-order chi connectivity index (χ0) is 12.1. The molecule has 2 rings (SSSR count). The van der Waals surface area contributed by atoms with E-state index in [0.717, 1.165) is 32.6 Å². The molecule has 3 N–H and O–H groups in total. The van der Waals surface area contributed by atoms with Gasteiger partial charge in [-0.25, -0.2) is 0 Å². The van der Waals surface area contributed by atoms with Crippen LogP contribution in [-0.4, -0.2) is 32.1 Å². The number of benzene rings is 1. The zero-order valence-electron chi connectivity index (χ0n) is 9.98. The molecule has 1 aromatic carbocycles. The normalized spacial score (nSPS) is 15.9. The molecule has 0 bridgehead atoms. The number of nitrogens with two attached hydrogens (primary N) is 1. The predicted octanol–water partition coefficient (Wildman–Crippen LogP) is 0.514. The third-order valence-corrected chi connectivity index (χ3v) is 3.08.